The van der Waals surface area contributed by atoms with Gasteiger partial charge in [-0.2, -0.15) is 0 Å². The van der Waals surface area contributed by atoms with Gasteiger partial charge in [0.1, 0.15) is 17.6 Å². The van der Waals surface area contributed by atoms with Gasteiger partial charge in [-0.3, -0.25) is 24.6 Å². The van der Waals surface area contributed by atoms with Crippen LogP contribution in [0.5, 0.6) is 0 Å². The third-order valence-corrected chi connectivity index (χ3v) is 12.3. The summed E-state index contributed by atoms with van der Waals surface area (Å²) < 4.78 is 35.4. The van der Waals surface area contributed by atoms with Crippen LogP contribution in [0.1, 0.15) is 70.6 Å². The largest absolute Gasteiger partial charge is 0.449 e. The third kappa shape index (κ3) is 9.16. The Hall–Kier alpha value is -5.38. The predicted octanol–water partition coefficient (Wildman–Crippen LogP) is 5.21. The van der Waals surface area contributed by atoms with Crippen LogP contribution in [0.4, 0.5) is 36.6 Å². The lowest BCUT2D eigenvalue weighted by molar-refractivity contribution is -0.133. The lowest BCUT2D eigenvalue weighted by Crippen LogP contribution is -2.50. The molecular formula is C42H51F2N9O5. The third-order valence-electron chi connectivity index (χ3n) is 12.3. The molecule has 4 N–H and O–H groups in total. The summed E-state index contributed by atoms with van der Waals surface area (Å²) in [6, 6.07) is 12.0. The van der Waals surface area contributed by atoms with Gasteiger partial charge in [-0.15, -0.1) is 0 Å². The number of imide groups is 1. The molecule has 1 aromatic heterocycles. The quantitative estimate of drug-likeness (QED) is 0.200. The summed E-state index contributed by atoms with van der Waals surface area (Å²) in [5.74, 6) is -1.12. The van der Waals surface area contributed by atoms with Crippen LogP contribution in [-0.2, 0) is 19.1 Å². The Morgan fingerprint density at radius 1 is 0.828 bits per heavy atom. The summed E-state index contributed by atoms with van der Waals surface area (Å²) in [4.78, 5) is 64.0. The minimum Gasteiger partial charge on any atom is -0.449 e. The molecule has 4 amide bonds. The molecule has 1 aliphatic carbocycles. The Kier molecular flexibility index (Phi) is 12.0. The van der Waals surface area contributed by atoms with Crippen molar-refractivity contribution in [2.75, 3.05) is 59.8 Å². The van der Waals surface area contributed by atoms with Crippen LogP contribution in [0, 0.1) is 17.6 Å². The molecule has 1 unspecified atom stereocenters. The number of anilines is 4. The number of aromatic nitrogens is 2. The number of rotatable bonds is 10. The first-order valence-electron chi connectivity index (χ1n) is 20.7. The molecule has 2 aromatic carbocycles. The van der Waals surface area contributed by atoms with Gasteiger partial charge < -0.3 is 30.5 Å². The number of amides is 4. The summed E-state index contributed by atoms with van der Waals surface area (Å²) in [5.41, 5.74) is 2.38. The predicted molar refractivity (Wildman–Crippen MR) is 214 cm³/mol. The maximum Gasteiger partial charge on any atom is 0.414 e. The van der Waals surface area contributed by atoms with Crippen molar-refractivity contribution in [1.29, 1.82) is 0 Å². The van der Waals surface area contributed by atoms with Crippen molar-refractivity contribution >= 4 is 46.8 Å². The van der Waals surface area contributed by atoms with E-state index in [-0.39, 0.29) is 53.7 Å². The molecule has 5 heterocycles. The minimum atomic E-state index is -0.563. The van der Waals surface area contributed by atoms with Crippen molar-refractivity contribution in [2.45, 2.75) is 94.8 Å². The van der Waals surface area contributed by atoms with Crippen molar-refractivity contribution in [2.24, 2.45) is 5.92 Å². The van der Waals surface area contributed by atoms with E-state index in [9.17, 15) is 23.6 Å². The van der Waals surface area contributed by atoms with E-state index in [1.165, 1.54) is 12.3 Å². The molecule has 0 radical (unpaired) electrons. The van der Waals surface area contributed by atoms with E-state index in [2.05, 4.69) is 41.0 Å². The van der Waals surface area contributed by atoms with Crippen LogP contribution in [0.2, 0.25) is 0 Å². The molecule has 1 saturated carbocycles. The van der Waals surface area contributed by atoms with Crippen LogP contribution in [0.15, 0.2) is 48.7 Å². The molecule has 8 rings (SSSR count). The monoisotopic (exact) mass is 799 g/mol. The summed E-state index contributed by atoms with van der Waals surface area (Å²) in [6.45, 7) is 4.13. The number of piperidine rings is 3. The number of carbonyl (C=O) groups is 4. The van der Waals surface area contributed by atoms with E-state index in [1.54, 1.807) is 41.3 Å². The van der Waals surface area contributed by atoms with Crippen LogP contribution >= 0.6 is 0 Å². The van der Waals surface area contributed by atoms with E-state index in [4.69, 9.17) is 4.74 Å². The van der Waals surface area contributed by atoms with Gasteiger partial charge in [-0.1, -0.05) is 12.1 Å². The first-order valence-corrected chi connectivity index (χ1v) is 20.7. The molecule has 5 aliphatic rings. The van der Waals surface area contributed by atoms with Gasteiger partial charge in [-0.25, -0.2) is 23.5 Å². The average molecular weight is 800 g/mol. The number of nitrogens with one attached hydrogen (secondary N) is 4. The van der Waals surface area contributed by atoms with Gasteiger partial charge in [0.05, 0.1) is 18.5 Å². The summed E-state index contributed by atoms with van der Waals surface area (Å²) in [7, 11) is 0. The SMILES string of the molecule is O=C1CCC(Nc2ccc(N3CCC(N4CCC(C(=O)NC5CCC(Nc6ncc(F)c(-c7cccc(N8CCCOC8=O)c7)n6)CC5)CC4)CC3)c(F)c2)C(=O)N1. The Labute approximate surface area is 336 Å². The van der Waals surface area contributed by atoms with E-state index in [1.807, 2.05) is 0 Å². The molecule has 308 valence electrons. The Bertz CT molecular complexity index is 2000. The normalized spacial score (nSPS) is 23.9. The number of cyclic esters (lactones) is 1. The number of halogens is 2. The molecule has 58 heavy (non-hydrogen) atoms. The molecule has 3 aromatic rings. The second-order valence-electron chi connectivity index (χ2n) is 16.1. The Morgan fingerprint density at radius 2 is 1.60 bits per heavy atom. The standard InChI is InChI=1S/C42H51F2N9O5/c43-33-24-30(46-35-10-12-37(54)49-40(35)56)9-11-36(33)52-20-15-31(16-21-52)51-18-13-26(14-19-51)39(55)47-28-5-7-29(8-6-28)48-41-45-25-34(44)38(50-41)27-3-1-4-32(23-27)53-17-2-22-58-42(53)57/h1,3-4,9,11,23-26,28-29,31,35,46H,2,5-8,10,12-22H2,(H,47,55)(H,45,48,50)(H,49,54,56). The summed E-state index contributed by atoms with van der Waals surface area (Å²) in [5, 5.41) is 12.1. The van der Waals surface area contributed by atoms with Crippen molar-refractivity contribution in [3.63, 3.8) is 0 Å². The molecule has 0 bridgehead atoms. The van der Waals surface area contributed by atoms with E-state index in [0.717, 1.165) is 84.0 Å². The maximum atomic E-state index is 15.2. The fraction of sp³-hybridized carbons (Fsp3) is 0.524. The fourth-order valence-electron chi connectivity index (χ4n) is 9.01. The summed E-state index contributed by atoms with van der Waals surface area (Å²) >= 11 is 0. The van der Waals surface area contributed by atoms with Crippen molar-refractivity contribution in [3.8, 4) is 11.3 Å². The van der Waals surface area contributed by atoms with Crippen molar-refractivity contribution < 1.29 is 32.7 Å². The number of carbonyl (C=O) groups excluding carboxylic acids is 4. The zero-order chi connectivity index (χ0) is 40.2. The average Bonchev–Trinajstić information content (AvgIpc) is 3.24. The Balaban J connectivity index is 0.754. The van der Waals surface area contributed by atoms with E-state index < -0.39 is 18.0 Å². The zero-order valence-corrected chi connectivity index (χ0v) is 32.6. The minimum absolute atomic E-state index is 0.0151. The van der Waals surface area contributed by atoms with Crippen molar-refractivity contribution in [3.05, 3.63) is 60.3 Å². The van der Waals surface area contributed by atoms with Gasteiger partial charge in [-0.05, 0) is 108 Å². The molecule has 4 aliphatic heterocycles. The maximum absolute atomic E-state index is 15.2. The molecule has 5 fully saturated rings. The molecule has 1 atom stereocenters. The van der Waals surface area contributed by atoms with Crippen LogP contribution < -0.4 is 31.1 Å². The van der Waals surface area contributed by atoms with Crippen LogP contribution in [0.3, 0.4) is 0 Å². The molecule has 14 nitrogen and oxygen atoms in total. The molecular weight excluding hydrogens is 749 g/mol. The number of likely N-dealkylation sites (tertiary alicyclic amines) is 1. The number of nitrogens with zero attached hydrogens (tertiary/aromatic N) is 5. The van der Waals surface area contributed by atoms with Gasteiger partial charge in [0, 0.05) is 67.0 Å². The Morgan fingerprint density at radius 3 is 2.34 bits per heavy atom. The highest BCUT2D eigenvalue weighted by molar-refractivity contribution is 6.01. The number of ether oxygens (including phenoxy) is 1. The second kappa shape index (κ2) is 17.6. The highest BCUT2D eigenvalue weighted by atomic mass is 19.1. The fourth-order valence-corrected chi connectivity index (χ4v) is 9.01. The van der Waals surface area contributed by atoms with E-state index in [0.29, 0.717) is 54.2 Å². The number of benzene rings is 2. The highest BCUT2D eigenvalue weighted by Crippen LogP contribution is 2.32. The van der Waals surface area contributed by atoms with Crippen LogP contribution in [-0.4, -0.2) is 102 Å². The van der Waals surface area contributed by atoms with Gasteiger partial charge >= 0.3 is 6.09 Å². The first-order chi connectivity index (χ1) is 28.2. The molecule has 0 spiro atoms. The van der Waals surface area contributed by atoms with Gasteiger partial charge in [0.15, 0.2) is 5.82 Å². The summed E-state index contributed by atoms with van der Waals surface area (Å²) in [6.07, 6.45) is 8.84. The second-order valence-corrected chi connectivity index (χ2v) is 16.1. The van der Waals surface area contributed by atoms with Crippen molar-refractivity contribution in [1.82, 2.24) is 25.5 Å². The van der Waals surface area contributed by atoms with Gasteiger partial charge in [0.25, 0.3) is 0 Å². The zero-order valence-electron chi connectivity index (χ0n) is 32.6. The molecule has 4 saturated heterocycles. The first kappa shape index (κ1) is 39.4. The lowest BCUT2D eigenvalue weighted by Gasteiger charge is -2.42. The number of hydrogen-bond donors (Lipinski definition) is 4. The highest BCUT2D eigenvalue weighted by Gasteiger charge is 2.33. The smallest absolute Gasteiger partial charge is 0.414 e. The number of hydrogen-bond acceptors (Lipinski definition) is 11. The van der Waals surface area contributed by atoms with Crippen LogP contribution in [0.25, 0.3) is 11.3 Å². The topological polar surface area (TPSA) is 161 Å². The van der Waals surface area contributed by atoms with Gasteiger partial charge in [0.2, 0.25) is 23.7 Å². The van der Waals surface area contributed by atoms with E-state index >= 15 is 4.39 Å². The lowest BCUT2D eigenvalue weighted by atomic mass is 9.89. The molecule has 16 heteroatoms.